The zero-order valence-corrected chi connectivity index (χ0v) is 11.7. The molecule has 0 aliphatic rings. The number of anilines is 1. The van der Waals surface area contributed by atoms with Gasteiger partial charge in [0.15, 0.2) is 6.04 Å². The van der Waals surface area contributed by atoms with Gasteiger partial charge in [-0.15, -0.1) is 0 Å². The lowest BCUT2D eigenvalue weighted by atomic mass is 10.1. The van der Waals surface area contributed by atoms with E-state index in [1.54, 1.807) is 54.6 Å². The molecule has 0 fully saturated rings. The van der Waals surface area contributed by atoms with Gasteiger partial charge in [-0.3, -0.25) is 0 Å². The van der Waals surface area contributed by atoms with Crippen molar-refractivity contribution in [1.29, 1.82) is 0 Å². The van der Waals surface area contributed by atoms with Crippen LogP contribution in [0.4, 0.5) is 10.5 Å². The monoisotopic (exact) mass is 304 g/mol. The first-order valence-electron chi connectivity index (χ1n) is 6.17. The fourth-order valence-corrected chi connectivity index (χ4v) is 1.97. The molecular formula is C15H13ClN2O3. The predicted molar refractivity (Wildman–Crippen MR) is 80.4 cm³/mol. The maximum Gasteiger partial charge on any atom is 0.330 e. The number of urea groups is 1. The third-order valence-corrected chi connectivity index (χ3v) is 3.11. The highest BCUT2D eigenvalue weighted by Gasteiger charge is 2.21. The van der Waals surface area contributed by atoms with Crippen LogP contribution in [0.1, 0.15) is 11.6 Å². The highest BCUT2D eigenvalue weighted by Crippen LogP contribution is 2.20. The Kier molecular flexibility index (Phi) is 4.79. The lowest BCUT2D eigenvalue weighted by Gasteiger charge is -2.15. The Morgan fingerprint density at radius 3 is 2.24 bits per heavy atom. The fraction of sp³-hybridized carbons (Fsp3) is 0.0667. The van der Waals surface area contributed by atoms with Gasteiger partial charge in [-0.1, -0.05) is 54.1 Å². The summed E-state index contributed by atoms with van der Waals surface area (Å²) >= 11 is 5.93. The van der Waals surface area contributed by atoms with Gasteiger partial charge in [-0.25, -0.2) is 9.59 Å². The van der Waals surface area contributed by atoms with Gasteiger partial charge in [0.2, 0.25) is 0 Å². The number of hydrogen-bond acceptors (Lipinski definition) is 2. The van der Waals surface area contributed by atoms with E-state index in [9.17, 15) is 14.7 Å². The molecule has 0 saturated carbocycles. The number of para-hydroxylation sites is 1. The second kappa shape index (κ2) is 6.76. The van der Waals surface area contributed by atoms with Crippen LogP contribution in [0, 0.1) is 0 Å². The molecule has 0 bridgehead atoms. The average Bonchev–Trinajstić information content (AvgIpc) is 2.48. The summed E-state index contributed by atoms with van der Waals surface area (Å²) in [5.74, 6) is -1.14. The van der Waals surface area contributed by atoms with Gasteiger partial charge in [0.25, 0.3) is 0 Å². The SMILES string of the molecule is O=C(Nc1ccccc1Cl)N[C@H](C(=O)O)c1ccccc1. The van der Waals surface area contributed by atoms with Crippen molar-refractivity contribution in [2.45, 2.75) is 6.04 Å². The first-order chi connectivity index (χ1) is 10.1. The number of hydrogen-bond donors (Lipinski definition) is 3. The van der Waals surface area contributed by atoms with Crippen LogP contribution in [0.5, 0.6) is 0 Å². The Balaban J connectivity index is 2.10. The summed E-state index contributed by atoms with van der Waals surface area (Å²) in [7, 11) is 0. The van der Waals surface area contributed by atoms with E-state index in [2.05, 4.69) is 10.6 Å². The summed E-state index contributed by atoms with van der Waals surface area (Å²) in [6, 6.07) is 13.4. The van der Waals surface area contributed by atoms with Crippen molar-refractivity contribution in [1.82, 2.24) is 5.32 Å². The highest BCUT2D eigenvalue weighted by atomic mass is 35.5. The molecule has 2 amide bonds. The number of halogens is 1. The lowest BCUT2D eigenvalue weighted by Crippen LogP contribution is -2.36. The molecule has 2 rings (SSSR count). The van der Waals surface area contributed by atoms with Crippen LogP contribution in [0.2, 0.25) is 5.02 Å². The maximum atomic E-state index is 11.9. The molecule has 2 aromatic carbocycles. The molecule has 108 valence electrons. The zero-order chi connectivity index (χ0) is 15.2. The molecule has 0 aliphatic heterocycles. The van der Waals surface area contributed by atoms with Crippen LogP contribution in [-0.4, -0.2) is 17.1 Å². The first kappa shape index (κ1) is 14.9. The number of rotatable bonds is 4. The Bertz CT molecular complexity index is 646. The molecule has 1 atom stereocenters. The van der Waals surface area contributed by atoms with E-state index in [0.29, 0.717) is 16.3 Å². The number of carbonyl (C=O) groups excluding carboxylic acids is 1. The summed E-state index contributed by atoms with van der Waals surface area (Å²) in [5.41, 5.74) is 0.896. The van der Waals surface area contributed by atoms with Gasteiger partial charge in [0, 0.05) is 0 Å². The van der Waals surface area contributed by atoms with Crippen molar-refractivity contribution < 1.29 is 14.7 Å². The smallest absolute Gasteiger partial charge is 0.330 e. The number of amides is 2. The molecule has 0 spiro atoms. The van der Waals surface area contributed by atoms with E-state index < -0.39 is 18.0 Å². The normalized spacial score (nSPS) is 11.5. The standard InChI is InChI=1S/C15H13ClN2O3/c16-11-8-4-5-9-12(11)17-15(21)18-13(14(19)20)10-6-2-1-3-7-10/h1-9,13H,(H,19,20)(H2,17,18,21)/t13-/m0/s1. The first-order valence-corrected chi connectivity index (χ1v) is 6.55. The van der Waals surface area contributed by atoms with Crippen LogP contribution in [0.3, 0.4) is 0 Å². The Labute approximate surface area is 126 Å². The van der Waals surface area contributed by atoms with E-state index in [-0.39, 0.29) is 0 Å². The van der Waals surface area contributed by atoms with E-state index in [4.69, 9.17) is 11.6 Å². The molecule has 3 N–H and O–H groups in total. The molecule has 2 aromatic rings. The van der Waals surface area contributed by atoms with Gasteiger partial charge in [0.1, 0.15) is 0 Å². The van der Waals surface area contributed by atoms with Crippen molar-refractivity contribution in [3.63, 3.8) is 0 Å². The quantitative estimate of drug-likeness (QED) is 0.811. The molecule has 0 radical (unpaired) electrons. The lowest BCUT2D eigenvalue weighted by molar-refractivity contribution is -0.139. The summed E-state index contributed by atoms with van der Waals surface area (Å²) in [6.07, 6.45) is 0. The van der Waals surface area contributed by atoms with Crippen molar-refractivity contribution >= 4 is 29.3 Å². The summed E-state index contributed by atoms with van der Waals surface area (Å²) in [4.78, 5) is 23.2. The van der Waals surface area contributed by atoms with Crippen LogP contribution in [0.15, 0.2) is 54.6 Å². The van der Waals surface area contributed by atoms with Gasteiger partial charge in [-0.05, 0) is 17.7 Å². The average molecular weight is 305 g/mol. The topological polar surface area (TPSA) is 78.4 Å². The third kappa shape index (κ3) is 3.97. The zero-order valence-electron chi connectivity index (χ0n) is 10.9. The van der Waals surface area contributed by atoms with Crippen LogP contribution < -0.4 is 10.6 Å². The minimum atomic E-state index is -1.14. The second-order valence-corrected chi connectivity index (χ2v) is 4.67. The number of carboxylic acid groups (broad SMARTS) is 1. The predicted octanol–water partition coefficient (Wildman–Crippen LogP) is 3.29. The van der Waals surface area contributed by atoms with Gasteiger partial charge < -0.3 is 15.7 Å². The van der Waals surface area contributed by atoms with Gasteiger partial charge in [0.05, 0.1) is 10.7 Å². The van der Waals surface area contributed by atoms with Crippen LogP contribution in [-0.2, 0) is 4.79 Å². The van der Waals surface area contributed by atoms with Crippen LogP contribution in [0.25, 0.3) is 0 Å². The van der Waals surface area contributed by atoms with Crippen molar-refractivity contribution in [3.8, 4) is 0 Å². The Hall–Kier alpha value is -2.53. The van der Waals surface area contributed by atoms with Crippen LogP contribution >= 0.6 is 11.6 Å². The summed E-state index contributed by atoms with van der Waals surface area (Å²) in [5, 5.41) is 14.5. The van der Waals surface area contributed by atoms with Crippen molar-refractivity contribution in [2.24, 2.45) is 0 Å². The number of benzene rings is 2. The van der Waals surface area contributed by atoms with E-state index >= 15 is 0 Å². The minimum Gasteiger partial charge on any atom is -0.479 e. The van der Waals surface area contributed by atoms with Gasteiger partial charge in [-0.2, -0.15) is 0 Å². The third-order valence-electron chi connectivity index (χ3n) is 2.78. The van der Waals surface area contributed by atoms with E-state index in [1.165, 1.54) is 0 Å². The van der Waals surface area contributed by atoms with E-state index in [1.807, 2.05) is 0 Å². The Morgan fingerprint density at radius 1 is 1.00 bits per heavy atom. The Morgan fingerprint density at radius 2 is 1.62 bits per heavy atom. The largest absolute Gasteiger partial charge is 0.479 e. The molecule has 21 heavy (non-hydrogen) atoms. The maximum absolute atomic E-state index is 11.9. The van der Waals surface area contributed by atoms with E-state index in [0.717, 1.165) is 0 Å². The van der Waals surface area contributed by atoms with Crippen molar-refractivity contribution in [2.75, 3.05) is 5.32 Å². The molecule has 0 aliphatic carbocycles. The number of carbonyl (C=O) groups is 2. The molecule has 6 heteroatoms. The fourth-order valence-electron chi connectivity index (χ4n) is 1.79. The molecule has 0 saturated heterocycles. The summed E-state index contributed by atoms with van der Waals surface area (Å²) < 4.78 is 0. The molecule has 5 nitrogen and oxygen atoms in total. The molecule has 0 unspecified atom stereocenters. The number of nitrogens with one attached hydrogen (secondary N) is 2. The molecular weight excluding hydrogens is 292 g/mol. The molecule has 0 aromatic heterocycles. The molecule has 0 heterocycles. The van der Waals surface area contributed by atoms with Gasteiger partial charge >= 0.3 is 12.0 Å². The highest BCUT2D eigenvalue weighted by molar-refractivity contribution is 6.33. The number of aliphatic carboxylic acids is 1. The number of carboxylic acids is 1. The van der Waals surface area contributed by atoms with Crippen molar-refractivity contribution in [3.05, 3.63) is 65.2 Å². The minimum absolute atomic E-state index is 0.374. The second-order valence-electron chi connectivity index (χ2n) is 4.26. The summed E-state index contributed by atoms with van der Waals surface area (Å²) in [6.45, 7) is 0.